The zero-order valence-corrected chi connectivity index (χ0v) is 12.0. The van der Waals surface area contributed by atoms with Crippen molar-refractivity contribution < 1.29 is 0 Å². The number of nitrogens with zero attached hydrogens (tertiary/aromatic N) is 1. The molecule has 0 radical (unpaired) electrons. The molecule has 19 heavy (non-hydrogen) atoms. The molecule has 3 nitrogen and oxygen atoms in total. The van der Waals surface area contributed by atoms with Gasteiger partial charge in [0.25, 0.3) is 5.56 Å². The minimum Gasteiger partial charge on any atom is -0.310 e. The zero-order chi connectivity index (χ0) is 14.0. The topological polar surface area (TPSA) is 45.8 Å². The van der Waals surface area contributed by atoms with Crippen molar-refractivity contribution in [1.29, 1.82) is 0 Å². The van der Waals surface area contributed by atoms with Crippen LogP contribution in [0.1, 0.15) is 40.7 Å². The normalized spacial score (nSPS) is 10.7. The summed E-state index contributed by atoms with van der Waals surface area (Å²) in [6.45, 7) is 8.07. The number of benzene rings is 1. The predicted octanol–water partition coefficient (Wildman–Crippen LogP) is 2.85. The molecule has 0 aliphatic rings. The Labute approximate surface area is 113 Å². The Morgan fingerprint density at radius 3 is 2.47 bits per heavy atom. The van der Waals surface area contributed by atoms with Crippen LogP contribution in [0.2, 0.25) is 0 Å². The first-order valence-electron chi connectivity index (χ1n) is 6.66. The van der Waals surface area contributed by atoms with Gasteiger partial charge in [-0.2, -0.15) is 0 Å². The van der Waals surface area contributed by atoms with Crippen molar-refractivity contribution in [3.63, 3.8) is 0 Å². The van der Waals surface area contributed by atoms with Gasteiger partial charge in [0.1, 0.15) is 5.82 Å². The number of aryl methyl sites for hydroxylation is 3. The van der Waals surface area contributed by atoms with Gasteiger partial charge in [-0.1, -0.05) is 25.1 Å². The molecule has 0 aliphatic carbocycles. The summed E-state index contributed by atoms with van der Waals surface area (Å²) < 4.78 is 0. The fraction of sp³-hybridized carbons (Fsp3) is 0.375. The largest absolute Gasteiger partial charge is 0.310 e. The van der Waals surface area contributed by atoms with E-state index in [2.05, 4.69) is 42.0 Å². The summed E-state index contributed by atoms with van der Waals surface area (Å²) in [4.78, 5) is 19.3. The van der Waals surface area contributed by atoms with Crippen molar-refractivity contribution >= 4 is 0 Å². The van der Waals surface area contributed by atoms with Crippen molar-refractivity contribution in [2.24, 2.45) is 0 Å². The minimum absolute atomic E-state index is 0.00571. The summed E-state index contributed by atoms with van der Waals surface area (Å²) in [5.74, 6) is 0.739. The van der Waals surface area contributed by atoms with Crippen LogP contribution in [0.15, 0.2) is 23.0 Å². The Bertz CT molecular complexity index is 656. The van der Waals surface area contributed by atoms with Gasteiger partial charge in [-0.05, 0) is 43.9 Å². The first-order chi connectivity index (χ1) is 9.01. The molecule has 0 saturated heterocycles. The third-order valence-electron chi connectivity index (χ3n) is 3.57. The standard InChI is InChI=1S/C16H20N2O/c1-5-14-12(4)17-15(18-16(14)19)9-13-7-6-10(2)11(3)8-13/h6-8H,5,9H2,1-4H3,(H,17,18,19). The molecule has 3 heteroatoms. The van der Waals surface area contributed by atoms with Crippen LogP contribution in [0.5, 0.6) is 0 Å². The summed E-state index contributed by atoms with van der Waals surface area (Å²) in [7, 11) is 0. The Hall–Kier alpha value is -1.90. The van der Waals surface area contributed by atoms with Crippen LogP contribution in [-0.2, 0) is 12.8 Å². The molecule has 1 aromatic carbocycles. The second kappa shape index (κ2) is 5.39. The van der Waals surface area contributed by atoms with E-state index in [1.807, 2.05) is 13.8 Å². The average molecular weight is 256 g/mol. The van der Waals surface area contributed by atoms with E-state index in [1.54, 1.807) is 0 Å². The summed E-state index contributed by atoms with van der Waals surface area (Å²) in [5, 5.41) is 0. The predicted molar refractivity (Wildman–Crippen MR) is 77.7 cm³/mol. The number of hydrogen-bond acceptors (Lipinski definition) is 2. The quantitative estimate of drug-likeness (QED) is 0.917. The molecule has 0 saturated carbocycles. The highest BCUT2D eigenvalue weighted by molar-refractivity contribution is 5.31. The fourth-order valence-corrected chi connectivity index (χ4v) is 2.28. The third-order valence-corrected chi connectivity index (χ3v) is 3.57. The van der Waals surface area contributed by atoms with E-state index in [1.165, 1.54) is 16.7 Å². The number of hydrogen-bond donors (Lipinski definition) is 1. The van der Waals surface area contributed by atoms with Crippen LogP contribution in [0.3, 0.4) is 0 Å². The van der Waals surface area contributed by atoms with E-state index in [9.17, 15) is 4.79 Å². The summed E-state index contributed by atoms with van der Waals surface area (Å²) in [5.41, 5.74) is 5.34. The molecule has 0 atom stereocenters. The van der Waals surface area contributed by atoms with Gasteiger partial charge < -0.3 is 4.98 Å². The zero-order valence-electron chi connectivity index (χ0n) is 12.0. The highest BCUT2D eigenvalue weighted by atomic mass is 16.1. The Morgan fingerprint density at radius 2 is 1.89 bits per heavy atom. The lowest BCUT2D eigenvalue weighted by atomic mass is 10.0. The van der Waals surface area contributed by atoms with Gasteiger partial charge in [0, 0.05) is 17.7 Å². The van der Waals surface area contributed by atoms with Gasteiger partial charge in [-0.25, -0.2) is 4.98 Å². The molecule has 1 heterocycles. The second-order valence-electron chi connectivity index (χ2n) is 5.03. The summed E-state index contributed by atoms with van der Waals surface area (Å²) >= 11 is 0. The lowest BCUT2D eigenvalue weighted by Crippen LogP contribution is -2.18. The Balaban J connectivity index is 2.33. The fourth-order valence-electron chi connectivity index (χ4n) is 2.28. The monoisotopic (exact) mass is 256 g/mol. The lowest BCUT2D eigenvalue weighted by Gasteiger charge is -2.07. The third kappa shape index (κ3) is 2.92. The molecular formula is C16H20N2O. The molecule has 2 aromatic rings. The molecular weight excluding hydrogens is 236 g/mol. The Kier molecular flexibility index (Phi) is 3.84. The van der Waals surface area contributed by atoms with Gasteiger partial charge in [0.15, 0.2) is 0 Å². The number of rotatable bonds is 3. The molecule has 1 N–H and O–H groups in total. The maximum Gasteiger partial charge on any atom is 0.254 e. The smallest absolute Gasteiger partial charge is 0.254 e. The summed E-state index contributed by atoms with van der Waals surface area (Å²) in [6, 6.07) is 6.35. The van der Waals surface area contributed by atoms with Crippen LogP contribution >= 0.6 is 0 Å². The van der Waals surface area contributed by atoms with E-state index in [4.69, 9.17) is 0 Å². The first kappa shape index (κ1) is 13.5. The molecule has 0 amide bonds. The van der Waals surface area contributed by atoms with Gasteiger partial charge in [0.05, 0.1) is 0 Å². The number of H-pyrrole nitrogens is 1. The van der Waals surface area contributed by atoms with E-state index in [0.29, 0.717) is 6.42 Å². The van der Waals surface area contributed by atoms with E-state index in [0.717, 1.165) is 23.5 Å². The molecule has 1 aromatic heterocycles. The molecule has 0 fully saturated rings. The van der Waals surface area contributed by atoms with Crippen LogP contribution in [0.4, 0.5) is 0 Å². The van der Waals surface area contributed by atoms with Crippen molar-refractivity contribution in [3.05, 3.63) is 62.3 Å². The molecule has 100 valence electrons. The van der Waals surface area contributed by atoms with E-state index in [-0.39, 0.29) is 5.56 Å². The molecule has 2 rings (SSSR count). The maximum absolute atomic E-state index is 11.9. The Morgan fingerprint density at radius 1 is 1.16 bits per heavy atom. The summed E-state index contributed by atoms with van der Waals surface area (Å²) in [6.07, 6.45) is 1.39. The van der Waals surface area contributed by atoms with Crippen molar-refractivity contribution in [3.8, 4) is 0 Å². The van der Waals surface area contributed by atoms with Crippen LogP contribution in [-0.4, -0.2) is 9.97 Å². The molecule has 0 spiro atoms. The minimum atomic E-state index is -0.00571. The maximum atomic E-state index is 11.9. The molecule has 0 unspecified atom stereocenters. The molecule has 0 bridgehead atoms. The highest BCUT2D eigenvalue weighted by Gasteiger charge is 2.07. The van der Waals surface area contributed by atoms with Gasteiger partial charge in [0.2, 0.25) is 0 Å². The van der Waals surface area contributed by atoms with Gasteiger partial charge in [-0.3, -0.25) is 4.79 Å². The number of aromatic nitrogens is 2. The average Bonchev–Trinajstić information content (AvgIpc) is 2.33. The van der Waals surface area contributed by atoms with Crippen molar-refractivity contribution in [2.45, 2.75) is 40.5 Å². The molecule has 0 aliphatic heterocycles. The lowest BCUT2D eigenvalue weighted by molar-refractivity contribution is 0.878. The number of nitrogens with one attached hydrogen (secondary N) is 1. The SMILES string of the molecule is CCc1c(C)nc(Cc2ccc(C)c(C)c2)[nH]c1=O. The van der Waals surface area contributed by atoms with Crippen LogP contribution in [0, 0.1) is 20.8 Å². The van der Waals surface area contributed by atoms with E-state index >= 15 is 0 Å². The van der Waals surface area contributed by atoms with Crippen molar-refractivity contribution in [2.75, 3.05) is 0 Å². The van der Waals surface area contributed by atoms with Crippen molar-refractivity contribution in [1.82, 2.24) is 9.97 Å². The second-order valence-corrected chi connectivity index (χ2v) is 5.03. The number of aromatic amines is 1. The van der Waals surface area contributed by atoms with Crippen LogP contribution in [0.25, 0.3) is 0 Å². The van der Waals surface area contributed by atoms with E-state index < -0.39 is 0 Å². The van der Waals surface area contributed by atoms with Gasteiger partial charge in [-0.15, -0.1) is 0 Å². The highest BCUT2D eigenvalue weighted by Crippen LogP contribution is 2.12. The van der Waals surface area contributed by atoms with Crippen LogP contribution < -0.4 is 5.56 Å². The van der Waals surface area contributed by atoms with Gasteiger partial charge >= 0.3 is 0 Å². The first-order valence-corrected chi connectivity index (χ1v) is 6.66.